The zero-order valence-electron chi connectivity index (χ0n) is 15.0. The molecule has 130 valence electrons. The second-order valence-corrected chi connectivity index (χ2v) is 7.39. The number of fused-ring (bicyclic) bond motifs is 1. The molecule has 3 atom stereocenters. The van der Waals surface area contributed by atoms with Gasteiger partial charge in [0.25, 0.3) is 0 Å². The highest BCUT2D eigenvalue weighted by Gasteiger charge is 2.40. The number of carbonyl (C=O) groups excluding carboxylic acids is 2. The van der Waals surface area contributed by atoms with Gasteiger partial charge in [-0.15, -0.1) is 0 Å². The molecule has 1 aromatic carbocycles. The monoisotopic (exact) mass is 329 g/mol. The molecule has 0 N–H and O–H groups in total. The number of likely N-dealkylation sites (tertiary alicyclic amines) is 1. The number of benzene rings is 1. The van der Waals surface area contributed by atoms with Crippen LogP contribution in [0.2, 0.25) is 0 Å². The summed E-state index contributed by atoms with van der Waals surface area (Å²) < 4.78 is 0. The maximum absolute atomic E-state index is 13.2. The van der Waals surface area contributed by atoms with E-state index in [0.717, 1.165) is 18.7 Å². The average molecular weight is 329 g/mol. The summed E-state index contributed by atoms with van der Waals surface area (Å²) in [6, 6.07) is 8.13. The van der Waals surface area contributed by atoms with Crippen LogP contribution in [0.3, 0.4) is 0 Å². The minimum Gasteiger partial charge on any atom is -0.339 e. The molecule has 1 saturated heterocycles. The predicted molar refractivity (Wildman–Crippen MR) is 93.4 cm³/mol. The summed E-state index contributed by atoms with van der Waals surface area (Å²) in [4.78, 5) is 31.1. The average Bonchev–Trinajstić information content (AvgIpc) is 2.95. The minimum absolute atomic E-state index is 0.0285. The Kier molecular flexibility index (Phi) is 4.63. The first-order chi connectivity index (χ1) is 11.4. The molecule has 2 heterocycles. The van der Waals surface area contributed by atoms with E-state index in [0.29, 0.717) is 24.9 Å². The maximum atomic E-state index is 13.2. The van der Waals surface area contributed by atoms with E-state index in [9.17, 15) is 9.59 Å². The normalized spacial score (nSPS) is 26.6. The molecule has 0 saturated carbocycles. The van der Waals surface area contributed by atoms with Gasteiger partial charge in [-0.3, -0.25) is 9.59 Å². The van der Waals surface area contributed by atoms with Gasteiger partial charge in [-0.25, -0.2) is 0 Å². The van der Waals surface area contributed by atoms with Gasteiger partial charge in [0, 0.05) is 39.0 Å². The molecule has 5 nitrogen and oxygen atoms in total. The van der Waals surface area contributed by atoms with Crippen LogP contribution in [0, 0.1) is 5.92 Å². The van der Waals surface area contributed by atoms with Crippen LogP contribution in [0.5, 0.6) is 0 Å². The second-order valence-electron chi connectivity index (χ2n) is 7.39. The van der Waals surface area contributed by atoms with E-state index in [1.54, 1.807) is 11.8 Å². The third-order valence-electron chi connectivity index (χ3n) is 5.49. The largest absolute Gasteiger partial charge is 0.339 e. The molecule has 0 unspecified atom stereocenters. The van der Waals surface area contributed by atoms with E-state index in [1.165, 1.54) is 5.56 Å². The van der Waals surface area contributed by atoms with Crippen molar-refractivity contribution in [2.45, 2.75) is 38.9 Å². The molecule has 1 aromatic rings. The first kappa shape index (κ1) is 17.0. The second kappa shape index (κ2) is 6.55. The van der Waals surface area contributed by atoms with E-state index in [2.05, 4.69) is 32.0 Å². The Morgan fingerprint density at radius 1 is 1.12 bits per heavy atom. The zero-order chi connectivity index (χ0) is 17.4. The number of hydrogen-bond donors (Lipinski definition) is 0. The molecule has 0 spiro atoms. The molecular formula is C19H27N3O2. The van der Waals surface area contributed by atoms with Crippen molar-refractivity contribution in [1.29, 1.82) is 0 Å². The van der Waals surface area contributed by atoms with Crippen molar-refractivity contribution in [3.05, 3.63) is 35.4 Å². The van der Waals surface area contributed by atoms with Crippen molar-refractivity contribution in [3.8, 4) is 0 Å². The highest BCUT2D eigenvalue weighted by Crippen LogP contribution is 2.27. The molecule has 0 radical (unpaired) electrons. The van der Waals surface area contributed by atoms with Gasteiger partial charge < -0.3 is 14.7 Å². The fraction of sp³-hybridized carbons (Fsp3) is 0.579. The minimum atomic E-state index is -0.370. The Balaban J connectivity index is 1.82. The molecule has 2 amide bonds. The third kappa shape index (κ3) is 3.05. The van der Waals surface area contributed by atoms with Gasteiger partial charge in [0.2, 0.25) is 11.8 Å². The third-order valence-corrected chi connectivity index (χ3v) is 5.49. The molecule has 24 heavy (non-hydrogen) atoms. The fourth-order valence-corrected chi connectivity index (χ4v) is 4.09. The Morgan fingerprint density at radius 2 is 1.79 bits per heavy atom. The molecule has 0 aliphatic carbocycles. The van der Waals surface area contributed by atoms with Crippen LogP contribution in [0.25, 0.3) is 0 Å². The van der Waals surface area contributed by atoms with Crippen LogP contribution in [0.1, 0.15) is 25.0 Å². The quantitative estimate of drug-likeness (QED) is 0.823. The zero-order valence-corrected chi connectivity index (χ0v) is 15.0. The summed E-state index contributed by atoms with van der Waals surface area (Å²) in [6.45, 7) is 5.80. The Morgan fingerprint density at radius 3 is 2.38 bits per heavy atom. The molecule has 1 fully saturated rings. The van der Waals surface area contributed by atoms with Crippen molar-refractivity contribution in [2.24, 2.45) is 5.92 Å². The Labute approximate surface area is 144 Å². The SMILES string of the molecule is CC(=O)N1Cc2ccccc2C[C@@H]1C(=O)N1C[C@@H](N(C)C)[C@@H](C)C1. The van der Waals surface area contributed by atoms with E-state index in [-0.39, 0.29) is 17.9 Å². The van der Waals surface area contributed by atoms with Gasteiger partial charge in [0.05, 0.1) is 0 Å². The highest BCUT2D eigenvalue weighted by molar-refractivity contribution is 5.88. The standard InChI is InChI=1S/C19H27N3O2/c1-13-10-21(12-18(13)20(3)4)19(24)17-9-15-7-5-6-8-16(15)11-22(17)14(2)23/h5-8,13,17-18H,9-12H2,1-4H3/t13-,17+,18+/m0/s1. The van der Waals surface area contributed by atoms with Crippen molar-refractivity contribution in [2.75, 3.05) is 27.2 Å². The van der Waals surface area contributed by atoms with Crippen molar-refractivity contribution in [3.63, 3.8) is 0 Å². The topological polar surface area (TPSA) is 43.9 Å². The number of amides is 2. The molecule has 0 aromatic heterocycles. The van der Waals surface area contributed by atoms with Crippen molar-refractivity contribution >= 4 is 11.8 Å². The molecule has 2 aliphatic heterocycles. The van der Waals surface area contributed by atoms with Crippen LogP contribution in [0.15, 0.2) is 24.3 Å². The number of likely N-dealkylation sites (N-methyl/N-ethyl adjacent to an activating group) is 1. The van der Waals surface area contributed by atoms with Gasteiger partial charge in [-0.1, -0.05) is 31.2 Å². The number of carbonyl (C=O) groups is 2. The van der Waals surface area contributed by atoms with Gasteiger partial charge in [0.15, 0.2) is 0 Å². The van der Waals surface area contributed by atoms with E-state index in [1.807, 2.05) is 23.1 Å². The summed E-state index contributed by atoms with van der Waals surface area (Å²) in [5.41, 5.74) is 2.34. The highest BCUT2D eigenvalue weighted by atomic mass is 16.2. The predicted octanol–water partition coefficient (Wildman–Crippen LogP) is 1.37. The number of rotatable bonds is 2. The lowest BCUT2D eigenvalue weighted by Crippen LogP contribution is -2.53. The van der Waals surface area contributed by atoms with Crippen LogP contribution >= 0.6 is 0 Å². The fourth-order valence-electron chi connectivity index (χ4n) is 4.09. The molecule has 0 bridgehead atoms. The Hall–Kier alpha value is -1.88. The van der Waals surface area contributed by atoms with Gasteiger partial charge in [0.1, 0.15) is 6.04 Å². The lowest BCUT2D eigenvalue weighted by molar-refractivity contribution is -0.145. The summed E-state index contributed by atoms with van der Waals surface area (Å²) in [5.74, 6) is 0.515. The summed E-state index contributed by atoms with van der Waals surface area (Å²) in [7, 11) is 4.13. The summed E-state index contributed by atoms with van der Waals surface area (Å²) in [5, 5.41) is 0. The van der Waals surface area contributed by atoms with Gasteiger partial charge in [-0.05, 0) is 31.1 Å². The number of nitrogens with zero attached hydrogens (tertiary/aromatic N) is 3. The van der Waals surface area contributed by atoms with E-state index < -0.39 is 0 Å². The lowest BCUT2D eigenvalue weighted by Gasteiger charge is -2.37. The summed E-state index contributed by atoms with van der Waals surface area (Å²) in [6.07, 6.45) is 0.617. The van der Waals surface area contributed by atoms with Crippen molar-refractivity contribution < 1.29 is 9.59 Å². The molecular weight excluding hydrogens is 302 g/mol. The van der Waals surface area contributed by atoms with Gasteiger partial charge >= 0.3 is 0 Å². The van der Waals surface area contributed by atoms with Crippen LogP contribution < -0.4 is 0 Å². The molecule has 5 heteroatoms. The lowest BCUT2D eigenvalue weighted by atomic mass is 9.93. The molecule has 3 rings (SSSR count). The maximum Gasteiger partial charge on any atom is 0.245 e. The van der Waals surface area contributed by atoms with Crippen LogP contribution in [-0.2, 0) is 22.6 Å². The van der Waals surface area contributed by atoms with E-state index >= 15 is 0 Å². The first-order valence-corrected chi connectivity index (χ1v) is 8.67. The van der Waals surface area contributed by atoms with Crippen LogP contribution in [0.4, 0.5) is 0 Å². The Bertz CT molecular complexity index is 643. The number of hydrogen-bond acceptors (Lipinski definition) is 3. The smallest absolute Gasteiger partial charge is 0.245 e. The summed E-state index contributed by atoms with van der Waals surface area (Å²) >= 11 is 0. The van der Waals surface area contributed by atoms with Crippen LogP contribution in [-0.4, -0.2) is 65.8 Å². The first-order valence-electron chi connectivity index (χ1n) is 8.67. The van der Waals surface area contributed by atoms with E-state index in [4.69, 9.17) is 0 Å². The van der Waals surface area contributed by atoms with Crippen molar-refractivity contribution in [1.82, 2.24) is 14.7 Å². The molecule has 2 aliphatic rings. The van der Waals surface area contributed by atoms with Gasteiger partial charge in [-0.2, -0.15) is 0 Å².